The van der Waals surface area contributed by atoms with Crippen LogP contribution in [0.4, 0.5) is 0 Å². The van der Waals surface area contributed by atoms with E-state index in [2.05, 4.69) is 22.3 Å². The number of nitrogens with one attached hydrogen (secondary N) is 1. The lowest BCUT2D eigenvalue weighted by Crippen LogP contribution is -2.26. The Kier molecular flexibility index (Phi) is 4.84. The molecule has 0 spiro atoms. The van der Waals surface area contributed by atoms with Gasteiger partial charge in [0.2, 0.25) is 0 Å². The molecule has 1 N–H and O–H groups in total. The highest BCUT2D eigenvalue weighted by atomic mass is 35.5. The quantitative estimate of drug-likeness (QED) is 0.867. The molecule has 1 aromatic rings. The first-order valence-corrected chi connectivity index (χ1v) is 6.83. The summed E-state index contributed by atoms with van der Waals surface area (Å²) in [5, 5.41) is 4.24. The van der Waals surface area contributed by atoms with Crippen LogP contribution >= 0.6 is 11.6 Å². The average Bonchev–Trinajstić information content (AvgIpc) is 2.85. The molecule has 1 aliphatic rings. The van der Waals surface area contributed by atoms with Gasteiger partial charge in [-0.15, -0.1) is 0 Å². The van der Waals surface area contributed by atoms with Crippen molar-refractivity contribution < 1.29 is 0 Å². The molecule has 0 radical (unpaired) electrons. The summed E-state index contributed by atoms with van der Waals surface area (Å²) in [6, 6.07) is 8.50. The Hall–Kier alpha value is -0.570. The fraction of sp³-hybridized carbons (Fsp3) is 0.571. The van der Waals surface area contributed by atoms with Crippen molar-refractivity contribution in [3.8, 4) is 0 Å². The lowest BCUT2D eigenvalue weighted by molar-refractivity contribution is 0.314. The summed E-state index contributed by atoms with van der Waals surface area (Å²) in [7, 11) is 2.01. The second kappa shape index (κ2) is 6.39. The molecule has 0 aromatic heterocycles. The number of nitrogens with zero attached hydrogens (tertiary/aromatic N) is 1. The molecular formula is C14H21ClN2. The third-order valence-corrected chi connectivity index (χ3v) is 3.91. The van der Waals surface area contributed by atoms with Crippen LogP contribution in [0.3, 0.4) is 0 Å². The van der Waals surface area contributed by atoms with Crippen molar-refractivity contribution in [3.05, 3.63) is 34.9 Å². The van der Waals surface area contributed by atoms with Gasteiger partial charge in [0.05, 0.1) is 0 Å². The van der Waals surface area contributed by atoms with Crippen LogP contribution in [0.15, 0.2) is 24.3 Å². The van der Waals surface area contributed by atoms with Gasteiger partial charge in [-0.3, -0.25) is 0 Å². The summed E-state index contributed by atoms with van der Waals surface area (Å²) in [5.41, 5.74) is 1.22. The van der Waals surface area contributed by atoms with E-state index in [9.17, 15) is 0 Å². The van der Waals surface area contributed by atoms with Gasteiger partial charge in [0, 0.05) is 11.1 Å². The van der Waals surface area contributed by atoms with Crippen molar-refractivity contribution in [1.29, 1.82) is 0 Å². The molecular weight excluding hydrogens is 232 g/mol. The minimum absolute atomic E-state index is 0.365. The summed E-state index contributed by atoms with van der Waals surface area (Å²) in [6.45, 7) is 3.69. The fourth-order valence-electron chi connectivity index (χ4n) is 2.53. The zero-order valence-electron chi connectivity index (χ0n) is 10.5. The molecule has 1 fully saturated rings. The van der Waals surface area contributed by atoms with Gasteiger partial charge in [-0.05, 0) is 57.6 Å². The molecule has 3 heteroatoms. The summed E-state index contributed by atoms with van der Waals surface area (Å²) in [5.74, 6) is 0. The number of benzene rings is 1. The zero-order valence-corrected chi connectivity index (χ0v) is 11.2. The first-order valence-electron chi connectivity index (χ1n) is 6.45. The second-order valence-corrected chi connectivity index (χ2v) is 5.11. The van der Waals surface area contributed by atoms with E-state index < -0.39 is 0 Å². The third-order valence-electron chi connectivity index (χ3n) is 3.56. The number of hydrogen-bond donors (Lipinski definition) is 1. The predicted molar refractivity (Wildman–Crippen MR) is 73.5 cm³/mol. The highest BCUT2D eigenvalue weighted by Crippen LogP contribution is 2.25. The van der Waals surface area contributed by atoms with Crippen LogP contribution in [-0.2, 0) is 0 Å². The Morgan fingerprint density at radius 3 is 2.65 bits per heavy atom. The van der Waals surface area contributed by atoms with Gasteiger partial charge in [0.25, 0.3) is 0 Å². The van der Waals surface area contributed by atoms with Crippen LogP contribution in [0.5, 0.6) is 0 Å². The standard InChI is InChI=1S/C14H21ClN2/c1-16-14(8-11-17-9-4-5-10-17)12-6-2-3-7-13(12)15/h2-3,6-7,14,16H,4-5,8-11H2,1H3/t14-/m1/s1. The molecule has 94 valence electrons. The average molecular weight is 253 g/mol. The van der Waals surface area contributed by atoms with E-state index in [1.807, 2.05) is 19.2 Å². The van der Waals surface area contributed by atoms with Crippen LogP contribution in [0.2, 0.25) is 5.02 Å². The van der Waals surface area contributed by atoms with E-state index in [1.165, 1.54) is 31.5 Å². The fourth-order valence-corrected chi connectivity index (χ4v) is 2.80. The topological polar surface area (TPSA) is 15.3 Å². The van der Waals surface area contributed by atoms with Crippen molar-refractivity contribution in [2.45, 2.75) is 25.3 Å². The van der Waals surface area contributed by atoms with Gasteiger partial charge in [0.1, 0.15) is 0 Å². The first-order chi connectivity index (χ1) is 8.31. The maximum atomic E-state index is 6.24. The third kappa shape index (κ3) is 3.44. The van der Waals surface area contributed by atoms with Crippen LogP contribution in [0.25, 0.3) is 0 Å². The summed E-state index contributed by atoms with van der Waals surface area (Å²) >= 11 is 6.24. The van der Waals surface area contributed by atoms with Gasteiger partial charge in [0.15, 0.2) is 0 Å². The van der Waals surface area contributed by atoms with Crippen molar-refractivity contribution in [3.63, 3.8) is 0 Å². The van der Waals surface area contributed by atoms with Gasteiger partial charge >= 0.3 is 0 Å². The van der Waals surface area contributed by atoms with Gasteiger partial charge in [-0.1, -0.05) is 29.8 Å². The van der Waals surface area contributed by atoms with E-state index in [-0.39, 0.29) is 0 Å². The Labute approximate surface area is 109 Å². The first kappa shape index (κ1) is 12.9. The second-order valence-electron chi connectivity index (χ2n) is 4.70. The Bertz CT molecular complexity index is 348. The maximum Gasteiger partial charge on any atom is 0.0453 e. The van der Waals surface area contributed by atoms with E-state index in [4.69, 9.17) is 11.6 Å². The number of hydrogen-bond acceptors (Lipinski definition) is 2. The van der Waals surface area contributed by atoms with Crippen molar-refractivity contribution in [2.24, 2.45) is 0 Å². The van der Waals surface area contributed by atoms with E-state index in [0.717, 1.165) is 18.0 Å². The Morgan fingerprint density at radius 2 is 2.00 bits per heavy atom. The van der Waals surface area contributed by atoms with Crippen LogP contribution in [0, 0.1) is 0 Å². The molecule has 0 amide bonds. The predicted octanol–water partition coefficient (Wildman–Crippen LogP) is 3.09. The summed E-state index contributed by atoms with van der Waals surface area (Å²) < 4.78 is 0. The van der Waals surface area contributed by atoms with Crippen LogP contribution < -0.4 is 5.32 Å². The van der Waals surface area contributed by atoms with Crippen molar-refractivity contribution >= 4 is 11.6 Å². The van der Waals surface area contributed by atoms with E-state index >= 15 is 0 Å². The Morgan fingerprint density at radius 1 is 1.29 bits per heavy atom. The highest BCUT2D eigenvalue weighted by molar-refractivity contribution is 6.31. The molecule has 1 aliphatic heterocycles. The van der Waals surface area contributed by atoms with Gasteiger partial charge in [-0.25, -0.2) is 0 Å². The monoisotopic (exact) mass is 252 g/mol. The highest BCUT2D eigenvalue weighted by Gasteiger charge is 2.16. The number of likely N-dealkylation sites (tertiary alicyclic amines) is 1. The number of halogens is 1. The SMILES string of the molecule is CN[C@H](CCN1CCCC1)c1ccccc1Cl. The largest absolute Gasteiger partial charge is 0.313 e. The molecule has 2 nitrogen and oxygen atoms in total. The van der Waals surface area contributed by atoms with E-state index in [1.54, 1.807) is 0 Å². The minimum atomic E-state index is 0.365. The maximum absolute atomic E-state index is 6.24. The van der Waals surface area contributed by atoms with Gasteiger partial charge in [-0.2, -0.15) is 0 Å². The normalized spacial score (nSPS) is 18.5. The summed E-state index contributed by atoms with van der Waals surface area (Å²) in [6.07, 6.45) is 3.84. The van der Waals surface area contributed by atoms with Gasteiger partial charge < -0.3 is 10.2 Å². The molecule has 0 aliphatic carbocycles. The lowest BCUT2D eigenvalue weighted by atomic mass is 10.0. The number of rotatable bonds is 5. The smallest absolute Gasteiger partial charge is 0.0453 e. The molecule has 17 heavy (non-hydrogen) atoms. The Balaban J connectivity index is 1.94. The molecule has 0 unspecified atom stereocenters. The molecule has 1 saturated heterocycles. The molecule has 1 atom stereocenters. The van der Waals surface area contributed by atoms with Crippen molar-refractivity contribution in [1.82, 2.24) is 10.2 Å². The molecule has 2 rings (SSSR count). The minimum Gasteiger partial charge on any atom is -0.313 e. The molecule has 0 saturated carbocycles. The lowest BCUT2D eigenvalue weighted by Gasteiger charge is -2.21. The molecule has 1 aromatic carbocycles. The molecule has 1 heterocycles. The van der Waals surface area contributed by atoms with E-state index in [0.29, 0.717) is 6.04 Å². The summed E-state index contributed by atoms with van der Waals surface area (Å²) in [4.78, 5) is 2.54. The molecule has 0 bridgehead atoms. The van der Waals surface area contributed by atoms with Crippen LogP contribution in [0.1, 0.15) is 30.9 Å². The zero-order chi connectivity index (χ0) is 12.1. The van der Waals surface area contributed by atoms with Crippen molar-refractivity contribution in [2.75, 3.05) is 26.7 Å². The van der Waals surface area contributed by atoms with Crippen LogP contribution in [-0.4, -0.2) is 31.6 Å².